The molecule has 0 radical (unpaired) electrons. The van der Waals surface area contributed by atoms with E-state index in [0.717, 1.165) is 5.75 Å². The standard InChI is InChI=1S/C18H20N4O3/c1-3-17-20-21-18(25-17)15-6-5-11-22(15)12-16(23)19-13-7-9-14(10-8-13)24-4-2/h5-11H,3-4,12H2,1-2H3,(H,19,23). The van der Waals surface area contributed by atoms with E-state index in [1.807, 2.05) is 56.4 Å². The fourth-order valence-electron chi connectivity index (χ4n) is 2.40. The van der Waals surface area contributed by atoms with E-state index in [1.165, 1.54) is 0 Å². The van der Waals surface area contributed by atoms with Crippen molar-refractivity contribution < 1.29 is 13.9 Å². The molecule has 0 saturated heterocycles. The zero-order chi connectivity index (χ0) is 17.6. The van der Waals surface area contributed by atoms with Crippen molar-refractivity contribution in [2.75, 3.05) is 11.9 Å². The van der Waals surface area contributed by atoms with Crippen LogP contribution >= 0.6 is 0 Å². The lowest BCUT2D eigenvalue weighted by atomic mass is 10.3. The van der Waals surface area contributed by atoms with Crippen LogP contribution in [0, 0.1) is 0 Å². The van der Waals surface area contributed by atoms with Crippen molar-refractivity contribution in [2.24, 2.45) is 0 Å². The number of rotatable bonds is 7. The van der Waals surface area contributed by atoms with Gasteiger partial charge < -0.3 is 19.0 Å². The quantitative estimate of drug-likeness (QED) is 0.714. The molecule has 0 aliphatic heterocycles. The van der Waals surface area contributed by atoms with Gasteiger partial charge in [-0.2, -0.15) is 0 Å². The van der Waals surface area contributed by atoms with Gasteiger partial charge in [-0.15, -0.1) is 10.2 Å². The highest BCUT2D eigenvalue weighted by atomic mass is 16.5. The first kappa shape index (κ1) is 16.8. The van der Waals surface area contributed by atoms with E-state index in [1.54, 1.807) is 4.57 Å². The number of ether oxygens (including phenoxy) is 1. The van der Waals surface area contributed by atoms with Crippen molar-refractivity contribution in [2.45, 2.75) is 26.8 Å². The first-order chi connectivity index (χ1) is 12.2. The van der Waals surface area contributed by atoms with E-state index in [2.05, 4.69) is 15.5 Å². The molecule has 2 aromatic heterocycles. The molecule has 0 spiro atoms. The molecule has 25 heavy (non-hydrogen) atoms. The topological polar surface area (TPSA) is 82.2 Å². The Morgan fingerprint density at radius 2 is 2.00 bits per heavy atom. The minimum absolute atomic E-state index is 0.142. The molecule has 3 aromatic rings. The summed E-state index contributed by atoms with van der Waals surface area (Å²) in [4.78, 5) is 12.3. The average Bonchev–Trinajstić information content (AvgIpc) is 3.25. The normalized spacial score (nSPS) is 10.6. The van der Waals surface area contributed by atoms with Crippen LogP contribution in [0.3, 0.4) is 0 Å². The third kappa shape index (κ3) is 4.06. The summed E-state index contributed by atoms with van der Waals surface area (Å²) in [5.74, 6) is 1.62. The number of carbonyl (C=O) groups is 1. The van der Waals surface area contributed by atoms with Crippen molar-refractivity contribution in [1.82, 2.24) is 14.8 Å². The van der Waals surface area contributed by atoms with Gasteiger partial charge in [-0.05, 0) is 43.3 Å². The van der Waals surface area contributed by atoms with Gasteiger partial charge in [0.15, 0.2) is 0 Å². The van der Waals surface area contributed by atoms with E-state index >= 15 is 0 Å². The number of nitrogens with one attached hydrogen (secondary N) is 1. The van der Waals surface area contributed by atoms with E-state index in [-0.39, 0.29) is 12.5 Å². The minimum Gasteiger partial charge on any atom is -0.494 e. The van der Waals surface area contributed by atoms with Gasteiger partial charge in [0.1, 0.15) is 18.0 Å². The number of anilines is 1. The molecule has 0 atom stereocenters. The number of aryl methyl sites for hydroxylation is 1. The van der Waals surface area contributed by atoms with Crippen molar-refractivity contribution >= 4 is 11.6 Å². The highest BCUT2D eigenvalue weighted by Gasteiger charge is 2.14. The SMILES string of the molecule is CCOc1ccc(NC(=O)Cn2cccc2-c2nnc(CC)o2)cc1. The molecule has 130 valence electrons. The van der Waals surface area contributed by atoms with Crippen LogP contribution in [0.4, 0.5) is 5.69 Å². The fraction of sp³-hybridized carbons (Fsp3) is 0.278. The summed E-state index contributed by atoms with van der Waals surface area (Å²) in [6, 6.07) is 11.0. The monoisotopic (exact) mass is 340 g/mol. The van der Waals surface area contributed by atoms with E-state index in [0.29, 0.717) is 36.2 Å². The molecule has 7 heteroatoms. The number of hydrogen-bond donors (Lipinski definition) is 1. The Kier molecular flexibility index (Phi) is 5.13. The predicted octanol–water partition coefficient (Wildman–Crippen LogP) is 3.14. The van der Waals surface area contributed by atoms with Gasteiger partial charge >= 0.3 is 0 Å². The lowest BCUT2D eigenvalue weighted by molar-refractivity contribution is -0.116. The van der Waals surface area contributed by atoms with E-state index < -0.39 is 0 Å². The summed E-state index contributed by atoms with van der Waals surface area (Å²) in [6.07, 6.45) is 2.48. The molecule has 0 saturated carbocycles. The molecule has 3 rings (SSSR count). The van der Waals surface area contributed by atoms with E-state index in [9.17, 15) is 4.79 Å². The van der Waals surface area contributed by atoms with Crippen molar-refractivity contribution in [3.63, 3.8) is 0 Å². The van der Waals surface area contributed by atoms with Crippen LogP contribution in [-0.2, 0) is 17.8 Å². The van der Waals surface area contributed by atoms with Crippen LogP contribution in [0.5, 0.6) is 5.75 Å². The Labute approximate surface area is 145 Å². The summed E-state index contributed by atoms with van der Waals surface area (Å²) in [5, 5.41) is 10.8. The van der Waals surface area contributed by atoms with Crippen molar-refractivity contribution in [3.05, 3.63) is 48.5 Å². The highest BCUT2D eigenvalue weighted by Crippen LogP contribution is 2.20. The van der Waals surface area contributed by atoms with Crippen molar-refractivity contribution in [1.29, 1.82) is 0 Å². The highest BCUT2D eigenvalue weighted by molar-refractivity contribution is 5.90. The van der Waals surface area contributed by atoms with Gasteiger partial charge in [0.05, 0.1) is 6.61 Å². The molecule has 0 bridgehead atoms. The summed E-state index contributed by atoms with van der Waals surface area (Å²) < 4.78 is 12.7. The maximum Gasteiger partial charge on any atom is 0.264 e. The molecular formula is C18H20N4O3. The largest absolute Gasteiger partial charge is 0.494 e. The second kappa shape index (κ2) is 7.65. The molecule has 7 nitrogen and oxygen atoms in total. The molecule has 1 aromatic carbocycles. The predicted molar refractivity (Wildman–Crippen MR) is 93.3 cm³/mol. The van der Waals surface area contributed by atoms with Gasteiger partial charge in [0.25, 0.3) is 5.89 Å². The summed E-state index contributed by atoms with van der Waals surface area (Å²) in [7, 11) is 0. The van der Waals surface area contributed by atoms with Crippen molar-refractivity contribution in [3.8, 4) is 17.3 Å². The van der Waals surface area contributed by atoms with Gasteiger partial charge in [-0.1, -0.05) is 6.92 Å². The second-order valence-electron chi connectivity index (χ2n) is 5.38. The first-order valence-corrected chi connectivity index (χ1v) is 8.20. The summed E-state index contributed by atoms with van der Waals surface area (Å²) >= 11 is 0. The Hall–Kier alpha value is -3.09. The van der Waals surface area contributed by atoms with Crippen LogP contribution in [0.15, 0.2) is 47.0 Å². The molecule has 0 aliphatic carbocycles. The van der Waals surface area contributed by atoms with Crippen LogP contribution in [-0.4, -0.2) is 27.3 Å². The first-order valence-electron chi connectivity index (χ1n) is 8.20. The smallest absolute Gasteiger partial charge is 0.264 e. The molecule has 1 N–H and O–H groups in total. The number of carbonyl (C=O) groups excluding carboxylic acids is 1. The zero-order valence-corrected chi connectivity index (χ0v) is 14.2. The lowest BCUT2D eigenvalue weighted by Gasteiger charge is -2.09. The molecule has 0 aliphatic rings. The van der Waals surface area contributed by atoms with Crippen LogP contribution in [0.25, 0.3) is 11.6 Å². The van der Waals surface area contributed by atoms with Crippen LogP contribution in [0.1, 0.15) is 19.7 Å². The Morgan fingerprint density at radius 1 is 1.20 bits per heavy atom. The fourth-order valence-corrected chi connectivity index (χ4v) is 2.40. The maximum atomic E-state index is 12.3. The number of aromatic nitrogens is 3. The zero-order valence-electron chi connectivity index (χ0n) is 14.2. The second-order valence-corrected chi connectivity index (χ2v) is 5.38. The number of nitrogens with zero attached hydrogens (tertiary/aromatic N) is 3. The Bertz CT molecular complexity index is 836. The molecule has 2 heterocycles. The summed E-state index contributed by atoms with van der Waals surface area (Å²) in [6.45, 7) is 4.63. The van der Waals surface area contributed by atoms with Crippen LogP contribution < -0.4 is 10.1 Å². The molecule has 0 fully saturated rings. The van der Waals surface area contributed by atoms with Crippen LogP contribution in [0.2, 0.25) is 0 Å². The summed E-state index contributed by atoms with van der Waals surface area (Å²) in [5.41, 5.74) is 1.43. The van der Waals surface area contributed by atoms with Gasteiger partial charge in [0.2, 0.25) is 11.8 Å². The molecule has 0 unspecified atom stereocenters. The lowest BCUT2D eigenvalue weighted by Crippen LogP contribution is -2.18. The van der Waals surface area contributed by atoms with Gasteiger partial charge in [-0.25, -0.2) is 0 Å². The van der Waals surface area contributed by atoms with E-state index in [4.69, 9.17) is 9.15 Å². The Balaban J connectivity index is 1.66. The number of hydrogen-bond acceptors (Lipinski definition) is 5. The minimum atomic E-state index is -0.142. The third-order valence-electron chi connectivity index (χ3n) is 3.58. The van der Waals surface area contributed by atoms with Gasteiger partial charge in [-0.3, -0.25) is 4.79 Å². The number of benzene rings is 1. The average molecular weight is 340 g/mol. The third-order valence-corrected chi connectivity index (χ3v) is 3.58. The molecule has 1 amide bonds. The molecular weight excluding hydrogens is 320 g/mol. The Morgan fingerprint density at radius 3 is 2.68 bits per heavy atom. The maximum absolute atomic E-state index is 12.3. The number of amides is 1. The van der Waals surface area contributed by atoms with Gasteiger partial charge in [0, 0.05) is 18.3 Å².